The van der Waals surface area contributed by atoms with Crippen LogP contribution in [0.5, 0.6) is 0 Å². The van der Waals surface area contributed by atoms with Gasteiger partial charge in [-0.05, 0) is 33.4 Å². The lowest BCUT2D eigenvalue weighted by Crippen LogP contribution is -2.12. The molecule has 0 heterocycles. The molecule has 2 heteroatoms. The second-order valence-electron chi connectivity index (χ2n) is 6.33. The molecule has 0 aliphatic carbocycles. The summed E-state index contributed by atoms with van der Waals surface area (Å²) in [7, 11) is 0. The highest BCUT2D eigenvalue weighted by molar-refractivity contribution is 5.86. The van der Waals surface area contributed by atoms with Crippen LogP contribution in [0.3, 0.4) is 0 Å². The van der Waals surface area contributed by atoms with Crippen molar-refractivity contribution in [2.45, 2.75) is 25.9 Å². The first-order chi connectivity index (χ1) is 11.7. The Morgan fingerprint density at radius 2 is 1.42 bits per heavy atom. The highest BCUT2D eigenvalue weighted by atomic mass is 16.5. The first-order valence-corrected chi connectivity index (χ1v) is 8.51. The van der Waals surface area contributed by atoms with Crippen molar-refractivity contribution in [1.82, 2.24) is 0 Å². The molecule has 0 aromatic heterocycles. The second kappa shape index (κ2) is 7.61. The average molecular weight is 320 g/mol. The summed E-state index contributed by atoms with van der Waals surface area (Å²) in [6, 6.07) is 23.1. The van der Waals surface area contributed by atoms with Gasteiger partial charge in [-0.2, -0.15) is 0 Å². The maximum Gasteiger partial charge on any atom is 0.109 e. The van der Waals surface area contributed by atoms with E-state index in [0.29, 0.717) is 12.5 Å². The van der Waals surface area contributed by atoms with Crippen LogP contribution in [0, 0.1) is 0 Å². The minimum absolute atomic E-state index is 0.0190. The third kappa shape index (κ3) is 3.35. The van der Waals surface area contributed by atoms with Crippen LogP contribution in [0.2, 0.25) is 0 Å². The Morgan fingerprint density at radius 1 is 0.792 bits per heavy atom. The van der Waals surface area contributed by atoms with Crippen molar-refractivity contribution in [1.29, 1.82) is 0 Å². The number of hydrogen-bond donors (Lipinski definition) is 1. The molecule has 2 nitrogen and oxygen atoms in total. The van der Waals surface area contributed by atoms with Gasteiger partial charge < -0.3 is 9.84 Å². The van der Waals surface area contributed by atoms with Crippen LogP contribution < -0.4 is 0 Å². The standard InChI is InChI=1S/C22H24O2/c1-16(2)18-10-5-6-12-20(18)22(24-15-14-23)21-13-7-9-17-8-3-4-11-19(17)21/h3-13,16,22-23H,14-15H2,1-2H3. The molecule has 0 aliphatic heterocycles. The Bertz CT molecular complexity index is 802. The molecule has 1 atom stereocenters. The fourth-order valence-corrected chi connectivity index (χ4v) is 3.27. The molecular formula is C22H24O2. The third-order valence-electron chi connectivity index (χ3n) is 4.38. The minimum atomic E-state index is -0.179. The van der Waals surface area contributed by atoms with Gasteiger partial charge >= 0.3 is 0 Å². The van der Waals surface area contributed by atoms with Crippen LogP contribution in [0.25, 0.3) is 10.8 Å². The second-order valence-corrected chi connectivity index (χ2v) is 6.33. The zero-order valence-corrected chi connectivity index (χ0v) is 14.3. The molecule has 124 valence electrons. The molecule has 3 rings (SSSR count). The third-order valence-corrected chi connectivity index (χ3v) is 4.38. The summed E-state index contributed by atoms with van der Waals surface area (Å²) in [6.07, 6.45) is -0.179. The molecule has 0 amide bonds. The summed E-state index contributed by atoms with van der Waals surface area (Å²) >= 11 is 0. The smallest absolute Gasteiger partial charge is 0.109 e. The SMILES string of the molecule is CC(C)c1ccccc1C(OCCO)c1cccc2ccccc12. The molecule has 0 saturated heterocycles. The normalized spacial score (nSPS) is 12.7. The van der Waals surface area contributed by atoms with E-state index in [1.54, 1.807) is 0 Å². The maximum atomic E-state index is 9.28. The number of fused-ring (bicyclic) bond motifs is 1. The van der Waals surface area contributed by atoms with E-state index in [4.69, 9.17) is 4.74 Å². The van der Waals surface area contributed by atoms with Gasteiger partial charge in [0.05, 0.1) is 13.2 Å². The molecule has 1 unspecified atom stereocenters. The van der Waals surface area contributed by atoms with Gasteiger partial charge in [0.15, 0.2) is 0 Å². The lowest BCUT2D eigenvalue weighted by molar-refractivity contribution is 0.0503. The van der Waals surface area contributed by atoms with E-state index in [-0.39, 0.29) is 12.7 Å². The van der Waals surface area contributed by atoms with E-state index in [1.807, 2.05) is 0 Å². The number of aliphatic hydroxyl groups is 1. The van der Waals surface area contributed by atoms with Gasteiger partial charge in [-0.25, -0.2) is 0 Å². The van der Waals surface area contributed by atoms with Crippen molar-refractivity contribution >= 4 is 10.8 Å². The summed E-state index contributed by atoms with van der Waals surface area (Å²) < 4.78 is 6.11. The van der Waals surface area contributed by atoms with E-state index >= 15 is 0 Å². The molecule has 0 fully saturated rings. The Hall–Kier alpha value is -2.16. The molecule has 0 radical (unpaired) electrons. The quantitative estimate of drug-likeness (QED) is 0.688. The molecule has 0 aliphatic rings. The zero-order chi connectivity index (χ0) is 16.9. The van der Waals surface area contributed by atoms with Crippen LogP contribution in [-0.2, 0) is 4.74 Å². The molecule has 24 heavy (non-hydrogen) atoms. The summed E-state index contributed by atoms with van der Waals surface area (Å²) in [5.74, 6) is 0.413. The van der Waals surface area contributed by atoms with Crippen LogP contribution >= 0.6 is 0 Å². The van der Waals surface area contributed by atoms with Crippen molar-refractivity contribution < 1.29 is 9.84 Å². The van der Waals surface area contributed by atoms with E-state index in [9.17, 15) is 5.11 Å². The maximum absolute atomic E-state index is 9.28. The fourth-order valence-electron chi connectivity index (χ4n) is 3.27. The molecule has 3 aromatic carbocycles. The van der Waals surface area contributed by atoms with E-state index < -0.39 is 0 Å². The first kappa shape index (κ1) is 16.7. The number of hydrogen-bond acceptors (Lipinski definition) is 2. The van der Waals surface area contributed by atoms with Crippen LogP contribution in [0.4, 0.5) is 0 Å². The Kier molecular flexibility index (Phi) is 5.29. The summed E-state index contributed by atoms with van der Waals surface area (Å²) in [6.45, 7) is 4.74. The summed E-state index contributed by atoms with van der Waals surface area (Å²) in [5.41, 5.74) is 3.61. The van der Waals surface area contributed by atoms with E-state index in [0.717, 1.165) is 5.56 Å². The number of rotatable bonds is 6. The Morgan fingerprint density at radius 3 is 2.17 bits per heavy atom. The van der Waals surface area contributed by atoms with Gasteiger partial charge in [0.1, 0.15) is 6.10 Å². The van der Waals surface area contributed by atoms with Crippen LogP contribution in [0.15, 0.2) is 66.7 Å². The average Bonchev–Trinajstić information content (AvgIpc) is 2.62. The van der Waals surface area contributed by atoms with Gasteiger partial charge in [0, 0.05) is 0 Å². The Labute approximate surface area is 143 Å². The van der Waals surface area contributed by atoms with E-state index in [1.165, 1.54) is 21.9 Å². The molecule has 1 N–H and O–H groups in total. The highest BCUT2D eigenvalue weighted by Crippen LogP contribution is 2.35. The van der Waals surface area contributed by atoms with Crippen molar-refractivity contribution in [3.05, 3.63) is 83.4 Å². The van der Waals surface area contributed by atoms with E-state index in [2.05, 4.69) is 80.6 Å². The van der Waals surface area contributed by atoms with Gasteiger partial charge in [-0.1, -0.05) is 80.6 Å². The molecule has 3 aromatic rings. The lowest BCUT2D eigenvalue weighted by atomic mass is 9.89. The largest absolute Gasteiger partial charge is 0.394 e. The molecule has 0 saturated carbocycles. The predicted molar refractivity (Wildman–Crippen MR) is 99.4 cm³/mol. The van der Waals surface area contributed by atoms with Gasteiger partial charge in [0.25, 0.3) is 0 Å². The molecule has 0 spiro atoms. The monoisotopic (exact) mass is 320 g/mol. The van der Waals surface area contributed by atoms with Crippen molar-refractivity contribution in [2.24, 2.45) is 0 Å². The lowest BCUT2D eigenvalue weighted by Gasteiger charge is -2.24. The predicted octanol–water partition coefficient (Wildman–Crippen LogP) is 5.06. The number of benzene rings is 3. The topological polar surface area (TPSA) is 29.5 Å². The minimum Gasteiger partial charge on any atom is -0.394 e. The summed E-state index contributed by atoms with van der Waals surface area (Å²) in [5, 5.41) is 11.7. The Balaban J connectivity index is 2.17. The van der Waals surface area contributed by atoms with Crippen molar-refractivity contribution in [3.8, 4) is 0 Å². The van der Waals surface area contributed by atoms with Gasteiger partial charge in [0.2, 0.25) is 0 Å². The van der Waals surface area contributed by atoms with Crippen molar-refractivity contribution in [2.75, 3.05) is 13.2 Å². The van der Waals surface area contributed by atoms with Crippen LogP contribution in [0.1, 0.15) is 42.6 Å². The first-order valence-electron chi connectivity index (χ1n) is 8.51. The fraction of sp³-hybridized carbons (Fsp3) is 0.273. The number of ether oxygens (including phenoxy) is 1. The highest BCUT2D eigenvalue weighted by Gasteiger charge is 2.21. The van der Waals surface area contributed by atoms with Gasteiger partial charge in [-0.3, -0.25) is 0 Å². The van der Waals surface area contributed by atoms with Gasteiger partial charge in [-0.15, -0.1) is 0 Å². The zero-order valence-electron chi connectivity index (χ0n) is 14.3. The number of aliphatic hydroxyl groups excluding tert-OH is 1. The molecule has 0 bridgehead atoms. The summed E-state index contributed by atoms with van der Waals surface area (Å²) in [4.78, 5) is 0. The van der Waals surface area contributed by atoms with Crippen LogP contribution in [-0.4, -0.2) is 18.3 Å². The van der Waals surface area contributed by atoms with Crippen molar-refractivity contribution in [3.63, 3.8) is 0 Å². The molecular weight excluding hydrogens is 296 g/mol.